The van der Waals surface area contributed by atoms with Gasteiger partial charge in [0.05, 0.1) is 29.4 Å². The molecular formula is C22H25ClFN5O2. The third-order valence-electron chi connectivity index (χ3n) is 6.03. The van der Waals surface area contributed by atoms with Gasteiger partial charge in [-0.15, -0.1) is 0 Å². The molecule has 0 radical (unpaired) electrons. The quantitative estimate of drug-likeness (QED) is 0.666. The lowest BCUT2D eigenvalue weighted by Gasteiger charge is -2.35. The molecule has 1 aliphatic rings. The number of hydrogen-bond donors (Lipinski definition) is 1. The largest absolute Gasteiger partial charge is 0.387 e. The van der Waals surface area contributed by atoms with Gasteiger partial charge in [0.25, 0.3) is 0 Å². The SMILES string of the molecule is CNc1cnc2c(c1)n([C@H]1CCCN(C(=O)[C@@H](C)c3cc(F)cc(Cl)c3)C1)c(=O)n2C. The van der Waals surface area contributed by atoms with Crippen molar-refractivity contribution in [3.8, 4) is 0 Å². The number of benzene rings is 1. The van der Waals surface area contributed by atoms with Crippen molar-refractivity contribution in [3.63, 3.8) is 0 Å². The summed E-state index contributed by atoms with van der Waals surface area (Å²) in [5, 5.41) is 3.32. The number of amides is 1. The summed E-state index contributed by atoms with van der Waals surface area (Å²) in [6, 6.07) is 5.93. The predicted octanol–water partition coefficient (Wildman–Crippen LogP) is 3.54. The third-order valence-corrected chi connectivity index (χ3v) is 6.25. The number of anilines is 1. The molecule has 1 saturated heterocycles. The zero-order valence-corrected chi connectivity index (χ0v) is 18.5. The van der Waals surface area contributed by atoms with Crippen molar-refractivity contribution in [1.29, 1.82) is 0 Å². The van der Waals surface area contributed by atoms with E-state index >= 15 is 0 Å². The number of piperidine rings is 1. The van der Waals surface area contributed by atoms with Crippen LogP contribution in [-0.2, 0) is 11.8 Å². The van der Waals surface area contributed by atoms with Gasteiger partial charge in [0.2, 0.25) is 5.91 Å². The number of imidazole rings is 1. The molecule has 2 atom stereocenters. The number of carbonyl (C=O) groups is 1. The minimum Gasteiger partial charge on any atom is -0.387 e. The van der Waals surface area contributed by atoms with E-state index in [1.807, 2.05) is 6.07 Å². The maximum Gasteiger partial charge on any atom is 0.330 e. The minimum atomic E-state index is -0.534. The van der Waals surface area contributed by atoms with E-state index in [-0.39, 0.29) is 22.7 Å². The number of carbonyl (C=O) groups excluding carboxylic acids is 1. The Labute approximate surface area is 184 Å². The number of nitrogens with one attached hydrogen (secondary N) is 1. The number of aromatic nitrogens is 3. The highest BCUT2D eigenvalue weighted by Gasteiger charge is 2.31. The van der Waals surface area contributed by atoms with Crippen LogP contribution in [0.15, 0.2) is 35.3 Å². The lowest BCUT2D eigenvalue weighted by atomic mass is 9.97. The fraction of sp³-hybridized carbons (Fsp3) is 0.409. The molecule has 3 heterocycles. The molecule has 1 fully saturated rings. The fourth-order valence-corrected chi connectivity index (χ4v) is 4.56. The van der Waals surface area contributed by atoms with Crippen LogP contribution in [0.2, 0.25) is 5.02 Å². The third kappa shape index (κ3) is 3.92. The number of likely N-dealkylation sites (tertiary alicyclic amines) is 1. The second-order valence-corrected chi connectivity index (χ2v) is 8.47. The molecule has 0 unspecified atom stereocenters. The van der Waals surface area contributed by atoms with Gasteiger partial charge in [-0.25, -0.2) is 14.2 Å². The van der Waals surface area contributed by atoms with Crippen molar-refractivity contribution in [2.45, 2.75) is 31.7 Å². The fourth-order valence-electron chi connectivity index (χ4n) is 4.33. The average Bonchev–Trinajstić information content (AvgIpc) is 3.01. The van der Waals surface area contributed by atoms with Gasteiger partial charge >= 0.3 is 5.69 Å². The lowest BCUT2D eigenvalue weighted by molar-refractivity contribution is -0.134. The van der Waals surface area contributed by atoms with Crippen molar-refractivity contribution in [2.24, 2.45) is 7.05 Å². The molecule has 31 heavy (non-hydrogen) atoms. The zero-order chi connectivity index (χ0) is 22.3. The average molecular weight is 446 g/mol. The second kappa shape index (κ2) is 8.34. The van der Waals surface area contributed by atoms with Crippen LogP contribution in [0, 0.1) is 5.82 Å². The summed E-state index contributed by atoms with van der Waals surface area (Å²) in [6.45, 7) is 2.77. The molecule has 7 nitrogen and oxygen atoms in total. The summed E-state index contributed by atoms with van der Waals surface area (Å²) in [7, 11) is 3.50. The van der Waals surface area contributed by atoms with Gasteiger partial charge in [-0.3, -0.25) is 13.9 Å². The van der Waals surface area contributed by atoms with Crippen LogP contribution in [0.5, 0.6) is 0 Å². The summed E-state index contributed by atoms with van der Waals surface area (Å²) in [5.41, 5.74) is 2.55. The number of halogens is 2. The first-order valence-corrected chi connectivity index (χ1v) is 10.7. The molecule has 1 amide bonds. The Balaban J connectivity index is 1.64. The highest BCUT2D eigenvalue weighted by atomic mass is 35.5. The molecule has 0 aliphatic carbocycles. The predicted molar refractivity (Wildman–Crippen MR) is 119 cm³/mol. The summed E-state index contributed by atoms with van der Waals surface area (Å²) in [4.78, 5) is 32.4. The number of hydrogen-bond acceptors (Lipinski definition) is 4. The van der Waals surface area contributed by atoms with Gasteiger partial charge in [-0.2, -0.15) is 0 Å². The highest BCUT2D eigenvalue weighted by molar-refractivity contribution is 6.30. The lowest BCUT2D eigenvalue weighted by Crippen LogP contribution is -2.44. The van der Waals surface area contributed by atoms with Gasteiger partial charge in [0.15, 0.2) is 5.65 Å². The Hall–Kier alpha value is -2.87. The number of pyridine rings is 1. The number of fused-ring (bicyclic) bond motifs is 1. The standard InChI is InChI=1S/C22H25ClFN5O2/c1-13(14-7-15(23)9-16(24)8-14)21(30)28-6-4-5-18(12-28)29-19-10-17(25-2)11-26-20(19)27(3)22(29)31/h7-11,13,18,25H,4-6,12H2,1-3H3/t13-,18-/m0/s1. The normalized spacial score (nSPS) is 17.7. The molecule has 4 rings (SSSR count). The molecule has 164 valence electrons. The molecule has 0 spiro atoms. The van der Waals surface area contributed by atoms with Gasteiger partial charge in [-0.05, 0) is 49.6 Å². The summed E-state index contributed by atoms with van der Waals surface area (Å²) in [6.07, 6.45) is 3.25. The van der Waals surface area contributed by atoms with E-state index in [0.717, 1.165) is 24.0 Å². The van der Waals surface area contributed by atoms with E-state index in [9.17, 15) is 14.0 Å². The maximum atomic E-state index is 13.8. The molecule has 1 N–H and O–H groups in total. The van der Waals surface area contributed by atoms with Crippen LogP contribution in [0.4, 0.5) is 10.1 Å². The van der Waals surface area contributed by atoms with Crippen LogP contribution in [0.3, 0.4) is 0 Å². The molecule has 9 heteroatoms. The van der Waals surface area contributed by atoms with E-state index in [0.29, 0.717) is 24.3 Å². The van der Waals surface area contributed by atoms with Crippen molar-refractivity contribution in [2.75, 3.05) is 25.5 Å². The first-order chi connectivity index (χ1) is 14.8. The molecular weight excluding hydrogens is 421 g/mol. The first-order valence-electron chi connectivity index (χ1n) is 10.3. The molecule has 0 saturated carbocycles. The summed E-state index contributed by atoms with van der Waals surface area (Å²) >= 11 is 5.97. The van der Waals surface area contributed by atoms with Gasteiger partial charge in [-0.1, -0.05) is 11.6 Å². The van der Waals surface area contributed by atoms with Crippen molar-refractivity contribution < 1.29 is 9.18 Å². The van der Waals surface area contributed by atoms with Crippen LogP contribution < -0.4 is 11.0 Å². The van der Waals surface area contributed by atoms with Gasteiger partial charge < -0.3 is 10.2 Å². The number of rotatable bonds is 4. The molecule has 0 bridgehead atoms. The maximum absolute atomic E-state index is 13.8. The van der Waals surface area contributed by atoms with Crippen LogP contribution >= 0.6 is 11.6 Å². The Kier molecular flexibility index (Phi) is 5.75. The summed E-state index contributed by atoms with van der Waals surface area (Å²) in [5.74, 6) is -1.10. The smallest absolute Gasteiger partial charge is 0.330 e. The summed E-state index contributed by atoms with van der Waals surface area (Å²) < 4.78 is 17.1. The Morgan fingerprint density at radius 1 is 1.32 bits per heavy atom. The van der Waals surface area contributed by atoms with E-state index in [2.05, 4.69) is 10.3 Å². The highest BCUT2D eigenvalue weighted by Crippen LogP contribution is 2.29. The topological polar surface area (TPSA) is 72.2 Å². The van der Waals surface area contributed by atoms with Crippen LogP contribution in [0.1, 0.15) is 37.3 Å². The van der Waals surface area contributed by atoms with E-state index in [4.69, 9.17) is 11.6 Å². The Morgan fingerprint density at radius 2 is 2.10 bits per heavy atom. The van der Waals surface area contributed by atoms with Crippen molar-refractivity contribution in [1.82, 2.24) is 19.0 Å². The van der Waals surface area contributed by atoms with E-state index in [1.165, 1.54) is 16.7 Å². The Bertz CT molecular complexity index is 1180. The Morgan fingerprint density at radius 3 is 2.81 bits per heavy atom. The number of aryl methyl sites for hydroxylation is 1. The first kappa shape index (κ1) is 21.4. The monoisotopic (exact) mass is 445 g/mol. The van der Waals surface area contributed by atoms with Gasteiger partial charge in [0, 0.05) is 32.2 Å². The molecule has 2 aromatic heterocycles. The molecule has 1 aromatic carbocycles. The van der Waals surface area contributed by atoms with Crippen LogP contribution in [-0.4, -0.2) is 45.1 Å². The van der Waals surface area contributed by atoms with Gasteiger partial charge in [0.1, 0.15) is 5.82 Å². The van der Waals surface area contributed by atoms with Crippen molar-refractivity contribution >= 4 is 34.4 Å². The van der Waals surface area contributed by atoms with Crippen LogP contribution in [0.25, 0.3) is 11.2 Å². The number of nitrogens with zero attached hydrogens (tertiary/aromatic N) is 4. The molecule has 3 aromatic rings. The van der Waals surface area contributed by atoms with E-state index in [1.54, 1.807) is 42.7 Å². The van der Waals surface area contributed by atoms with E-state index < -0.39 is 11.7 Å². The molecule has 1 aliphatic heterocycles. The van der Waals surface area contributed by atoms with Crippen molar-refractivity contribution in [3.05, 3.63) is 57.3 Å². The zero-order valence-electron chi connectivity index (χ0n) is 17.7. The second-order valence-electron chi connectivity index (χ2n) is 8.03. The minimum absolute atomic E-state index is 0.103.